The van der Waals surface area contributed by atoms with Crippen LogP contribution in [0.3, 0.4) is 0 Å². The molecule has 4 nitrogen and oxygen atoms in total. The van der Waals surface area contributed by atoms with E-state index in [1.54, 1.807) is 24.3 Å². The molecule has 1 atom stereocenters. The van der Waals surface area contributed by atoms with Crippen molar-refractivity contribution in [2.24, 2.45) is 0 Å². The van der Waals surface area contributed by atoms with Gasteiger partial charge >= 0.3 is 5.97 Å². The van der Waals surface area contributed by atoms with E-state index in [1.165, 1.54) is 0 Å². The zero-order valence-corrected chi connectivity index (χ0v) is 12.6. The number of esters is 1. The standard InChI is InChI=1S/C16H12BrNO3/c17-11-6-7-13-10(8-11)9-14(21-16(13)20)15(19)18-12-4-2-1-3-5-12/h1-8,14H,9H2,(H,18,19). The van der Waals surface area contributed by atoms with Crippen LogP contribution in [0.2, 0.25) is 0 Å². The molecule has 3 rings (SSSR count). The van der Waals surface area contributed by atoms with Gasteiger partial charge in [-0.05, 0) is 35.9 Å². The Morgan fingerprint density at radius 2 is 1.95 bits per heavy atom. The van der Waals surface area contributed by atoms with E-state index < -0.39 is 12.1 Å². The Labute approximate surface area is 130 Å². The van der Waals surface area contributed by atoms with Crippen LogP contribution in [0.1, 0.15) is 15.9 Å². The van der Waals surface area contributed by atoms with Crippen LogP contribution in [0.4, 0.5) is 5.69 Å². The maximum absolute atomic E-state index is 12.2. The number of hydrogen-bond acceptors (Lipinski definition) is 3. The summed E-state index contributed by atoms with van der Waals surface area (Å²) in [6, 6.07) is 14.4. The van der Waals surface area contributed by atoms with E-state index in [2.05, 4.69) is 21.2 Å². The van der Waals surface area contributed by atoms with Gasteiger partial charge in [-0.3, -0.25) is 4.79 Å². The second kappa shape index (κ2) is 5.69. The van der Waals surface area contributed by atoms with Crippen LogP contribution in [-0.4, -0.2) is 18.0 Å². The first-order valence-corrected chi connectivity index (χ1v) is 7.28. The van der Waals surface area contributed by atoms with Gasteiger partial charge in [0.15, 0.2) is 6.10 Å². The van der Waals surface area contributed by atoms with E-state index in [0.29, 0.717) is 17.7 Å². The predicted octanol–water partition coefficient (Wildman–Crippen LogP) is 3.17. The van der Waals surface area contributed by atoms with Gasteiger partial charge in [0.05, 0.1) is 5.56 Å². The van der Waals surface area contributed by atoms with Gasteiger partial charge in [0, 0.05) is 16.6 Å². The van der Waals surface area contributed by atoms with Gasteiger partial charge in [0.2, 0.25) is 0 Å². The minimum atomic E-state index is -0.806. The Morgan fingerprint density at radius 1 is 1.19 bits per heavy atom. The fraction of sp³-hybridized carbons (Fsp3) is 0.125. The first-order valence-electron chi connectivity index (χ1n) is 6.49. The number of nitrogens with one attached hydrogen (secondary N) is 1. The third kappa shape index (κ3) is 2.97. The van der Waals surface area contributed by atoms with Gasteiger partial charge in [0.1, 0.15) is 0 Å². The highest BCUT2D eigenvalue weighted by molar-refractivity contribution is 9.10. The van der Waals surface area contributed by atoms with Crippen molar-refractivity contribution in [3.05, 3.63) is 64.1 Å². The van der Waals surface area contributed by atoms with E-state index in [1.807, 2.05) is 24.3 Å². The molecule has 0 saturated carbocycles. The average molecular weight is 346 g/mol. The van der Waals surface area contributed by atoms with E-state index in [4.69, 9.17) is 4.74 Å². The average Bonchev–Trinajstić information content (AvgIpc) is 2.47. The number of benzene rings is 2. The quantitative estimate of drug-likeness (QED) is 0.850. The number of rotatable bonds is 2. The maximum atomic E-state index is 12.2. The molecule has 1 amide bonds. The van der Waals surface area contributed by atoms with Crippen LogP contribution < -0.4 is 5.32 Å². The van der Waals surface area contributed by atoms with Gasteiger partial charge in [-0.1, -0.05) is 34.1 Å². The molecule has 106 valence electrons. The Balaban J connectivity index is 1.79. The molecule has 0 radical (unpaired) electrons. The molecule has 1 N–H and O–H groups in total. The van der Waals surface area contributed by atoms with Crippen molar-refractivity contribution >= 4 is 33.5 Å². The SMILES string of the molecule is O=C1OC(C(=O)Nc2ccccc2)Cc2cc(Br)ccc21. The molecule has 2 aromatic carbocycles. The highest BCUT2D eigenvalue weighted by Crippen LogP contribution is 2.25. The second-order valence-corrected chi connectivity index (χ2v) is 5.67. The molecule has 0 bridgehead atoms. The number of ether oxygens (including phenoxy) is 1. The summed E-state index contributed by atoms with van der Waals surface area (Å²) >= 11 is 3.37. The van der Waals surface area contributed by atoms with Crippen LogP contribution in [0.5, 0.6) is 0 Å². The van der Waals surface area contributed by atoms with Crippen molar-refractivity contribution < 1.29 is 14.3 Å². The van der Waals surface area contributed by atoms with Gasteiger partial charge in [-0.25, -0.2) is 4.79 Å². The fourth-order valence-corrected chi connectivity index (χ4v) is 2.66. The molecule has 0 spiro atoms. The number of cyclic esters (lactones) is 1. The minimum Gasteiger partial charge on any atom is -0.448 e. The molecule has 1 unspecified atom stereocenters. The molecule has 1 aliphatic rings. The number of halogens is 1. The molecule has 1 heterocycles. The van der Waals surface area contributed by atoms with Crippen molar-refractivity contribution in [2.75, 3.05) is 5.32 Å². The third-order valence-corrected chi connectivity index (χ3v) is 3.77. The molecule has 5 heteroatoms. The summed E-state index contributed by atoms with van der Waals surface area (Å²) in [5.74, 6) is -0.780. The summed E-state index contributed by atoms with van der Waals surface area (Å²) < 4.78 is 6.09. The first-order chi connectivity index (χ1) is 10.1. The van der Waals surface area contributed by atoms with Gasteiger partial charge < -0.3 is 10.1 Å². The summed E-state index contributed by atoms with van der Waals surface area (Å²) in [6.45, 7) is 0. The van der Waals surface area contributed by atoms with Crippen LogP contribution in [-0.2, 0) is 16.0 Å². The van der Waals surface area contributed by atoms with Gasteiger partial charge in [0.25, 0.3) is 5.91 Å². The minimum absolute atomic E-state index is 0.319. The van der Waals surface area contributed by atoms with E-state index in [0.717, 1.165) is 10.0 Å². The predicted molar refractivity (Wildman–Crippen MR) is 82.1 cm³/mol. The van der Waals surface area contributed by atoms with Crippen molar-refractivity contribution in [3.63, 3.8) is 0 Å². The Bertz CT molecular complexity index is 700. The molecule has 0 fully saturated rings. The molecular weight excluding hydrogens is 334 g/mol. The molecule has 0 aliphatic carbocycles. The third-order valence-electron chi connectivity index (χ3n) is 3.28. The lowest BCUT2D eigenvalue weighted by molar-refractivity contribution is -0.125. The highest BCUT2D eigenvalue weighted by atomic mass is 79.9. The van der Waals surface area contributed by atoms with Crippen LogP contribution in [0.25, 0.3) is 0 Å². The number of carbonyl (C=O) groups is 2. The molecule has 2 aromatic rings. The van der Waals surface area contributed by atoms with Gasteiger partial charge in [-0.2, -0.15) is 0 Å². The number of hydrogen-bond donors (Lipinski definition) is 1. The summed E-state index contributed by atoms with van der Waals surface area (Å²) in [5, 5.41) is 2.75. The summed E-state index contributed by atoms with van der Waals surface area (Å²) in [4.78, 5) is 24.2. The number of fused-ring (bicyclic) bond motifs is 1. The molecular formula is C16H12BrNO3. The van der Waals surface area contributed by atoms with Crippen molar-refractivity contribution in [3.8, 4) is 0 Å². The highest BCUT2D eigenvalue weighted by Gasteiger charge is 2.31. The zero-order valence-electron chi connectivity index (χ0n) is 11.0. The van der Waals surface area contributed by atoms with E-state index in [9.17, 15) is 9.59 Å². The number of carbonyl (C=O) groups excluding carboxylic acids is 2. The van der Waals surface area contributed by atoms with Crippen molar-refractivity contribution in [2.45, 2.75) is 12.5 Å². The number of amides is 1. The van der Waals surface area contributed by atoms with E-state index in [-0.39, 0.29) is 5.91 Å². The summed E-state index contributed by atoms with van der Waals surface area (Å²) in [6.07, 6.45) is -0.432. The Morgan fingerprint density at radius 3 is 2.71 bits per heavy atom. The smallest absolute Gasteiger partial charge is 0.339 e. The molecule has 0 aromatic heterocycles. The summed E-state index contributed by atoms with van der Waals surface area (Å²) in [5.41, 5.74) is 2.01. The normalized spacial score (nSPS) is 16.8. The lowest BCUT2D eigenvalue weighted by Gasteiger charge is -2.24. The Kier molecular flexibility index (Phi) is 3.75. The van der Waals surface area contributed by atoms with Crippen molar-refractivity contribution in [1.29, 1.82) is 0 Å². The zero-order chi connectivity index (χ0) is 14.8. The number of para-hydroxylation sites is 1. The topological polar surface area (TPSA) is 55.4 Å². The largest absolute Gasteiger partial charge is 0.448 e. The molecule has 1 aliphatic heterocycles. The molecule has 0 saturated heterocycles. The molecule has 21 heavy (non-hydrogen) atoms. The van der Waals surface area contributed by atoms with Crippen LogP contribution >= 0.6 is 15.9 Å². The monoisotopic (exact) mass is 345 g/mol. The second-order valence-electron chi connectivity index (χ2n) is 4.75. The van der Waals surface area contributed by atoms with Crippen molar-refractivity contribution in [1.82, 2.24) is 0 Å². The van der Waals surface area contributed by atoms with Crippen LogP contribution in [0.15, 0.2) is 53.0 Å². The first kappa shape index (κ1) is 13.8. The Hall–Kier alpha value is -2.14. The van der Waals surface area contributed by atoms with Crippen LogP contribution in [0, 0.1) is 0 Å². The van der Waals surface area contributed by atoms with Gasteiger partial charge in [-0.15, -0.1) is 0 Å². The lowest BCUT2D eigenvalue weighted by atomic mass is 9.98. The lowest BCUT2D eigenvalue weighted by Crippen LogP contribution is -2.38. The summed E-state index contributed by atoms with van der Waals surface area (Å²) in [7, 11) is 0. The van der Waals surface area contributed by atoms with E-state index >= 15 is 0 Å². The maximum Gasteiger partial charge on any atom is 0.339 e. The fourth-order valence-electron chi connectivity index (χ4n) is 2.25. The number of anilines is 1.